The van der Waals surface area contributed by atoms with Crippen molar-refractivity contribution in [2.45, 2.75) is 30.3 Å². The molecule has 0 radical (unpaired) electrons. The van der Waals surface area contributed by atoms with Gasteiger partial charge in [0, 0.05) is 19.1 Å². The van der Waals surface area contributed by atoms with Crippen molar-refractivity contribution in [2.24, 2.45) is 5.92 Å². The van der Waals surface area contributed by atoms with E-state index >= 15 is 0 Å². The van der Waals surface area contributed by atoms with Crippen LogP contribution in [0.15, 0.2) is 17.6 Å². The van der Waals surface area contributed by atoms with E-state index in [1.54, 1.807) is 0 Å². The van der Waals surface area contributed by atoms with Crippen LogP contribution in [0.3, 0.4) is 0 Å². The first-order valence-electron chi connectivity index (χ1n) is 6.37. The molecule has 2 fully saturated rings. The summed E-state index contributed by atoms with van der Waals surface area (Å²) in [7, 11) is -3.41. The second-order valence-electron chi connectivity index (χ2n) is 5.15. The quantitative estimate of drug-likeness (QED) is 0.799. The number of hydrogen-bond donors (Lipinski definition) is 2. The van der Waals surface area contributed by atoms with E-state index in [2.05, 4.69) is 19.6 Å². The Morgan fingerprint density at radius 2 is 2.28 bits per heavy atom. The molecule has 1 unspecified atom stereocenters. The second kappa shape index (κ2) is 4.64. The van der Waals surface area contributed by atoms with Crippen LogP contribution in [-0.4, -0.2) is 49.0 Å². The summed E-state index contributed by atoms with van der Waals surface area (Å²) in [4.78, 5) is 8.83. The monoisotopic (exact) mass is 270 g/mol. The zero-order valence-electron chi connectivity index (χ0n) is 10.2. The highest BCUT2D eigenvalue weighted by molar-refractivity contribution is 7.89. The molecule has 3 rings (SSSR count). The summed E-state index contributed by atoms with van der Waals surface area (Å²) in [5.74, 6) is 0.434. The summed E-state index contributed by atoms with van der Waals surface area (Å²) in [5.41, 5.74) is 0. The minimum Gasteiger partial charge on any atom is -0.335 e. The molecule has 100 valence electrons. The van der Waals surface area contributed by atoms with Crippen molar-refractivity contribution in [1.29, 1.82) is 0 Å². The topological polar surface area (TPSA) is 78.1 Å². The van der Waals surface area contributed by atoms with Crippen molar-refractivity contribution in [3.8, 4) is 0 Å². The van der Waals surface area contributed by atoms with E-state index in [0.29, 0.717) is 12.5 Å². The first-order chi connectivity index (χ1) is 8.65. The van der Waals surface area contributed by atoms with Crippen molar-refractivity contribution in [3.63, 3.8) is 0 Å². The van der Waals surface area contributed by atoms with Gasteiger partial charge in [-0.05, 0) is 31.7 Å². The van der Waals surface area contributed by atoms with Crippen LogP contribution in [0.2, 0.25) is 0 Å². The number of likely N-dealkylation sites (tertiary alicyclic amines) is 1. The zero-order valence-corrected chi connectivity index (χ0v) is 11.0. The van der Waals surface area contributed by atoms with Gasteiger partial charge in [-0.1, -0.05) is 0 Å². The Bertz CT molecular complexity index is 495. The summed E-state index contributed by atoms with van der Waals surface area (Å²) in [6.45, 7) is 2.65. The highest BCUT2D eigenvalue weighted by Crippen LogP contribution is 2.31. The van der Waals surface area contributed by atoms with E-state index in [1.165, 1.54) is 25.4 Å². The smallest absolute Gasteiger partial charge is 0.257 e. The molecule has 18 heavy (non-hydrogen) atoms. The molecule has 0 bridgehead atoms. The third kappa shape index (κ3) is 2.57. The fourth-order valence-corrected chi connectivity index (χ4v) is 3.51. The van der Waals surface area contributed by atoms with E-state index < -0.39 is 10.0 Å². The third-order valence-corrected chi connectivity index (χ3v) is 5.05. The molecule has 1 aliphatic heterocycles. The van der Waals surface area contributed by atoms with Crippen LogP contribution in [0.4, 0.5) is 0 Å². The number of H-pyrrole nitrogens is 1. The number of nitrogens with one attached hydrogen (secondary N) is 2. The normalized spacial score (nSPS) is 25.7. The van der Waals surface area contributed by atoms with Gasteiger partial charge in [0.05, 0.1) is 12.5 Å². The van der Waals surface area contributed by atoms with E-state index in [9.17, 15) is 8.42 Å². The predicted octanol–water partition coefficient (Wildman–Crippen LogP) is 0.172. The number of hydrogen-bond acceptors (Lipinski definition) is 4. The molecule has 0 spiro atoms. The van der Waals surface area contributed by atoms with Crippen LogP contribution in [0.25, 0.3) is 0 Å². The van der Waals surface area contributed by atoms with E-state index in [1.807, 2.05) is 0 Å². The number of aromatic nitrogens is 2. The van der Waals surface area contributed by atoms with E-state index in [0.717, 1.165) is 25.6 Å². The highest BCUT2D eigenvalue weighted by atomic mass is 32.2. The van der Waals surface area contributed by atoms with Crippen LogP contribution < -0.4 is 4.72 Å². The van der Waals surface area contributed by atoms with Crippen molar-refractivity contribution in [3.05, 3.63) is 12.5 Å². The Balaban J connectivity index is 1.52. The summed E-state index contributed by atoms with van der Waals surface area (Å²) < 4.78 is 26.4. The molecule has 6 nitrogen and oxygen atoms in total. The minimum atomic E-state index is -3.41. The Labute approximate surface area is 107 Å². The minimum absolute atomic E-state index is 0.138. The van der Waals surface area contributed by atoms with Gasteiger partial charge in [-0.25, -0.2) is 18.1 Å². The molecular formula is C11H18N4O2S. The molecular weight excluding hydrogens is 252 g/mol. The van der Waals surface area contributed by atoms with E-state index in [4.69, 9.17) is 0 Å². The zero-order chi connectivity index (χ0) is 12.6. The van der Waals surface area contributed by atoms with Gasteiger partial charge >= 0.3 is 0 Å². The first kappa shape index (κ1) is 12.1. The molecule has 1 aromatic rings. The summed E-state index contributed by atoms with van der Waals surface area (Å²) in [6.07, 6.45) is 6.41. The summed E-state index contributed by atoms with van der Waals surface area (Å²) in [6, 6.07) is 0.777. The molecule has 2 heterocycles. The van der Waals surface area contributed by atoms with Crippen LogP contribution in [-0.2, 0) is 10.0 Å². The summed E-state index contributed by atoms with van der Waals surface area (Å²) in [5, 5.41) is 0.138. The Kier molecular flexibility index (Phi) is 3.13. The molecule has 1 atom stereocenters. The maximum absolute atomic E-state index is 11.9. The van der Waals surface area contributed by atoms with Gasteiger partial charge < -0.3 is 9.88 Å². The number of sulfonamides is 1. The number of nitrogens with zero attached hydrogens (tertiary/aromatic N) is 2. The predicted molar refractivity (Wildman–Crippen MR) is 66.5 cm³/mol. The maximum Gasteiger partial charge on any atom is 0.257 e. The Morgan fingerprint density at radius 3 is 2.94 bits per heavy atom. The largest absolute Gasteiger partial charge is 0.335 e. The molecule has 0 amide bonds. The van der Waals surface area contributed by atoms with Crippen molar-refractivity contribution in [1.82, 2.24) is 19.6 Å². The molecule has 1 saturated heterocycles. The maximum atomic E-state index is 11.9. The SMILES string of the molecule is O=S(=O)(NCC1CCN(C2CC2)C1)c1cnc[nH]1. The number of rotatable bonds is 5. The summed E-state index contributed by atoms with van der Waals surface area (Å²) >= 11 is 0. The highest BCUT2D eigenvalue weighted by Gasteiger charge is 2.34. The molecule has 7 heteroatoms. The molecule has 2 aliphatic rings. The number of aromatic amines is 1. The second-order valence-corrected chi connectivity index (χ2v) is 6.88. The first-order valence-corrected chi connectivity index (χ1v) is 7.85. The van der Waals surface area contributed by atoms with Gasteiger partial charge in [0.1, 0.15) is 0 Å². The lowest BCUT2D eigenvalue weighted by molar-refractivity contribution is 0.314. The van der Waals surface area contributed by atoms with Crippen LogP contribution in [0, 0.1) is 5.92 Å². The lowest BCUT2D eigenvalue weighted by atomic mass is 10.1. The lowest BCUT2D eigenvalue weighted by Crippen LogP contribution is -2.31. The average molecular weight is 270 g/mol. The molecule has 1 aliphatic carbocycles. The Morgan fingerprint density at radius 1 is 1.44 bits per heavy atom. The van der Waals surface area contributed by atoms with Gasteiger partial charge in [-0.3, -0.25) is 0 Å². The van der Waals surface area contributed by atoms with Gasteiger partial charge in [0.25, 0.3) is 10.0 Å². The van der Waals surface area contributed by atoms with Crippen molar-refractivity contribution < 1.29 is 8.42 Å². The van der Waals surface area contributed by atoms with Crippen LogP contribution >= 0.6 is 0 Å². The van der Waals surface area contributed by atoms with E-state index in [-0.39, 0.29) is 5.03 Å². The lowest BCUT2D eigenvalue weighted by Gasteiger charge is -2.14. The van der Waals surface area contributed by atoms with Gasteiger partial charge in [-0.2, -0.15) is 0 Å². The Hall–Kier alpha value is -0.920. The van der Waals surface area contributed by atoms with Crippen LogP contribution in [0.1, 0.15) is 19.3 Å². The van der Waals surface area contributed by atoms with Crippen molar-refractivity contribution in [2.75, 3.05) is 19.6 Å². The molecule has 1 aromatic heterocycles. The average Bonchev–Trinajstić information content (AvgIpc) is 2.88. The standard InChI is InChI=1S/C11H18N4O2S/c16-18(17,11-6-12-8-13-11)14-5-9-3-4-15(7-9)10-1-2-10/h6,8-10,14H,1-5,7H2,(H,12,13). The third-order valence-electron chi connectivity index (χ3n) is 3.71. The molecule has 0 aromatic carbocycles. The fourth-order valence-electron chi connectivity index (χ4n) is 2.50. The van der Waals surface area contributed by atoms with Gasteiger partial charge in [-0.15, -0.1) is 0 Å². The molecule has 1 saturated carbocycles. The number of imidazole rings is 1. The van der Waals surface area contributed by atoms with Gasteiger partial charge in [0.15, 0.2) is 5.03 Å². The van der Waals surface area contributed by atoms with Crippen molar-refractivity contribution >= 4 is 10.0 Å². The fraction of sp³-hybridized carbons (Fsp3) is 0.727. The van der Waals surface area contributed by atoms with Gasteiger partial charge in [0.2, 0.25) is 0 Å². The molecule has 2 N–H and O–H groups in total. The van der Waals surface area contributed by atoms with Crippen LogP contribution in [0.5, 0.6) is 0 Å².